The van der Waals surface area contributed by atoms with Crippen molar-refractivity contribution in [2.75, 3.05) is 26.2 Å². The Kier molecular flexibility index (Phi) is 6.12. The van der Waals surface area contributed by atoms with Gasteiger partial charge in [0.05, 0.1) is 0 Å². The van der Waals surface area contributed by atoms with Gasteiger partial charge in [-0.3, -0.25) is 9.69 Å². The molecule has 3 nitrogen and oxygen atoms in total. The molecule has 0 radical (unpaired) electrons. The van der Waals surface area contributed by atoms with Crippen LogP contribution in [0.25, 0.3) is 0 Å². The minimum absolute atomic E-state index is 0.148. The molecule has 2 aliphatic heterocycles. The van der Waals surface area contributed by atoms with Gasteiger partial charge in [0, 0.05) is 36.1 Å². The Balaban J connectivity index is 1.50. The van der Waals surface area contributed by atoms with E-state index >= 15 is 0 Å². The quantitative estimate of drug-likeness (QED) is 0.817. The van der Waals surface area contributed by atoms with Crippen molar-refractivity contribution in [3.8, 4) is 0 Å². The lowest BCUT2D eigenvalue weighted by molar-refractivity contribution is -0.137. The lowest BCUT2D eigenvalue weighted by Gasteiger charge is -2.34. The van der Waals surface area contributed by atoms with Crippen molar-refractivity contribution < 1.29 is 9.18 Å². The molecule has 0 aliphatic carbocycles. The Labute approximate surface area is 148 Å². The molecule has 2 heterocycles. The fraction of sp³-hybridized carbons (Fsp3) is 0.632. The van der Waals surface area contributed by atoms with Gasteiger partial charge in [0.15, 0.2) is 0 Å². The summed E-state index contributed by atoms with van der Waals surface area (Å²) in [6.45, 7) is 4.15. The predicted molar refractivity (Wildman–Crippen MR) is 94.5 cm³/mol. The second-order valence-corrected chi connectivity index (χ2v) is 7.46. The fourth-order valence-corrected chi connectivity index (χ4v) is 3.94. The van der Waals surface area contributed by atoms with E-state index in [0.717, 1.165) is 51.9 Å². The molecule has 0 N–H and O–H groups in total. The van der Waals surface area contributed by atoms with Crippen molar-refractivity contribution in [1.29, 1.82) is 0 Å². The van der Waals surface area contributed by atoms with E-state index in [1.165, 1.54) is 18.9 Å². The Morgan fingerprint density at radius 1 is 1.08 bits per heavy atom. The highest BCUT2D eigenvalue weighted by Crippen LogP contribution is 2.24. The molecule has 1 aromatic carbocycles. The predicted octanol–water partition coefficient (Wildman–Crippen LogP) is 4.09. The summed E-state index contributed by atoms with van der Waals surface area (Å²) in [7, 11) is 0. The number of carbonyl (C=O) groups is 1. The summed E-state index contributed by atoms with van der Waals surface area (Å²) in [5.74, 6) is 0.244. The molecule has 1 aromatic rings. The van der Waals surface area contributed by atoms with Gasteiger partial charge in [0.2, 0.25) is 5.91 Å². The number of rotatable bonds is 3. The zero-order valence-corrected chi connectivity index (χ0v) is 14.9. The number of benzene rings is 1. The number of carbonyl (C=O) groups excluding carboxylic acids is 1. The summed E-state index contributed by atoms with van der Waals surface area (Å²) in [6, 6.07) is 4.86. The zero-order valence-electron chi connectivity index (χ0n) is 14.1. The molecule has 1 amide bonds. The van der Waals surface area contributed by atoms with Crippen molar-refractivity contribution in [3.63, 3.8) is 0 Å². The van der Waals surface area contributed by atoms with Crippen molar-refractivity contribution in [2.24, 2.45) is 5.92 Å². The summed E-state index contributed by atoms with van der Waals surface area (Å²) < 4.78 is 13.9. The highest BCUT2D eigenvalue weighted by molar-refractivity contribution is 6.30. The highest BCUT2D eigenvalue weighted by atomic mass is 35.5. The van der Waals surface area contributed by atoms with Crippen LogP contribution in [0.3, 0.4) is 0 Å². The Bertz CT molecular complexity index is 564. The molecule has 0 atom stereocenters. The smallest absolute Gasteiger partial charge is 0.225 e. The minimum atomic E-state index is -0.245. The van der Waals surface area contributed by atoms with Crippen LogP contribution in [-0.2, 0) is 11.3 Å². The minimum Gasteiger partial charge on any atom is -0.342 e. The third kappa shape index (κ3) is 4.48. The lowest BCUT2D eigenvalue weighted by Crippen LogP contribution is -2.42. The second-order valence-electron chi connectivity index (χ2n) is 7.03. The fourth-order valence-electron chi connectivity index (χ4n) is 3.78. The van der Waals surface area contributed by atoms with Gasteiger partial charge >= 0.3 is 0 Å². The van der Waals surface area contributed by atoms with E-state index in [1.807, 2.05) is 0 Å². The number of hydrogen-bond acceptors (Lipinski definition) is 2. The number of halogens is 2. The Morgan fingerprint density at radius 2 is 1.75 bits per heavy atom. The molecule has 0 unspecified atom stereocenters. The van der Waals surface area contributed by atoms with Crippen LogP contribution in [0.15, 0.2) is 18.2 Å². The first kappa shape index (κ1) is 17.7. The van der Waals surface area contributed by atoms with Gasteiger partial charge in [-0.15, -0.1) is 0 Å². The molecule has 2 saturated heterocycles. The first-order valence-electron chi connectivity index (χ1n) is 9.08. The SMILES string of the molecule is O=C(C1CCN(Cc2ccc(Cl)cc2F)CC1)N1CCCCCC1. The number of piperidine rings is 1. The number of nitrogens with zero attached hydrogens (tertiary/aromatic N) is 2. The van der Waals surface area contributed by atoms with Crippen molar-refractivity contribution in [2.45, 2.75) is 45.1 Å². The van der Waals surface area contributed by atoms with E-state index in [4.69, 9.17) is 11.6 Å². The van der Waals surface area contributed by atoms with Crippen LogP contribution in [0.1, 0.15) is 44.1 Å². The van der Waals surface area contributed by atoms with Crippen molar-refractivity contribution >= 4 is 17.5 Å². The van der Waals surface area contributed by atoms with Gasteiger partial charge in [0.1, 0.15) is 5.82 Å². The van der Waals surface area contributed by atoms with E-state index < -0.39 is 0 Å². The molecule has 24 heavy (non-hydrogen) atoms. The molecular formula is C19H26ClFN2O. The van der Waals surface area contributed by atoms with Crippen molar-refractivity contribution in [1.82, 2.24) is 9.80 Å². The normalized spacial score (nSPS) is 20.8. The number of amides is 1. The Morgan fingerprint density at radius 3 is 2.38 bits per heavy atom. The van der Waals surface area contributed by atoms with Crippen molar-refractivity contribution in [3.05, 3.63) is 34.6 Å². The molecular weight excluding hydrogens is 327 g/mol. The summed E-state index contributed by atoms with van der Waals surface area (Å²) in [6.07, 6.45) is 6.53. The molecule has 3 rings (SSSR count). The van der Waals surface area contributed by atoms with E-state index in [1.54, 1.807) is 12.1 Å². The third-order valence-corrected chi connectivity index (χ3v) is 5.50. The van der Waals surface area contributed by atoms with E-state index in [-0.39, 0.29) is 11.7 Å². The van der Waals surface area contributed by atoms with E-state index in [2.05, 4.69) is 9.80 Å². The average molecular weight is 353 g/mol. The monoisotopic (exact) mass is 352 g/mol. The number of likely N-dealkylation sites (tertiary alicyclic amines) is 2. The maximum atomic E-state index is 13.9. The summed E-state index contributed by atoms with van der Waals surface area (Å²) in [5.41, 5.74) is 0.677. The number of hydrogen-bond donors (Lipinski definition) is 0. The molecule has 132 valence electrons. The lowest BCUT2D eigenvalue weighted by atomic mass is 9.94. The standard InChI is InChI=1S/C19H26ClFN2O/c20-17-6-5-16(18(21)13-17)14-22-11-7-15(8-12-22)19(24)23-9-3-1-2-4-10-23/h5-6,13,15H,1-4,7-12,14H2. The van der Waals surface area contributed by atoms with Crippen LogP contribution in [0, 0.1) is 11.7 Å². The van der Waals surface area contributed by atoms with Gasteiger partial charge < -0.3 is 4.90 Å². The maximum absolute atomic E-state index is 13.9. The largest absolute Gasteiger partial charge is 0.342 e. The van der Waals surface area contributed by atoms with Gasteiger partial charge in [-0.2, -0.15) is 0 Å². The van der Waals surface area contributed by atoms with Crippen LogP contribution in [0.5, 0.6) is 0 Å². The Hall–Kier alpha value is -1.13. The molecule has 0 bridgehead atoms. The third-order valence-electron chi connectivity index (χ3n) is 5.26. The molecule has 0 saturated carbocycles. The van der Waals surface area contributed by atoms with Gasteiger partial charge in [-0.05, 0) is 50.9 Å². The first-order chi connectivity index (χ1) is 11.6. The highest BCUT2D eigenvalue weighted by Gasteiger charge is 2.29. The van der Waals surface area contributed by atoms with Crippen LogP contribution < -0.4 is 0 Å². The van der Waals surface area contributed by atoms with E-state index in [0.29, 0.717) is 23.0 Å². The molecule has 5 heteroatoms. The zero-order chi connectivity index (χ0) is 16.9. The summed E-state index contributed by atoms with van der Waals surface area (Å²) in [4.78, 5) is 17.0. The molecule has 0 spiro atoms. The topological polar surface area (TPSA) is 23.6 Å². The van der Waals surface area contributed by atoms with E-state index in [9.17, 15) is 9.18 Å². The summed E-state index contributed by atoms with van der Waals surface area (Å²) in [5, 5.41) is 0.429. The molecule has 2 fully saturated rings. The second kappa shape index (κ2) is 8.30. The average Bonchev–Trinajstić information content (AvgIpc) is 2.87. The van der Waals surface area contributed by atoms with Gasteiger partial charge in [0.25, 0.3) is 0 Å². The first-order valence-corrected chi connectivity index (χ1v) is 9.46. The van der Waals surface area contributed by atoms with Gasteiger partial charge in [-0.25, -0.2) is 4.39 Å². The van der Waals surface area contributed by atoms with Gasteiger partial charge in [-0.1, -0.05) is 30.5 Å². The molecule has 2 aliphatic rings. The van der Waals surface area contributed by atoms with Crippen LogP contribution in [-0.4, -0.2) is 41.9 Å². The molecule has 0 aromatic heterocycles. The maximum Gasteiger partial charge on any atom is 0.225 e. The van der Waals surface area contributed by atoms with Crippen LogP contribution in [0.2, 0.25) is 5.02 Å². The van der Waals surface area contributed by atoms with Crippen LogP contribution in [0.4, 0.5) is 4.39 Å². The van der Waals surface area contributed by atoms with Crippen LogP contribution >= 0.6 is 11.6 Å². The summed E-state index contributed by atoms with van der Waals surface area (Å²) >= 11 is 5.80.